The molecule has 1 amide bonds. The standard InChI is InChI=1S/C18H20ClNO4S/c19-14-7-5-13(6-8-14)11-25(22,23)12-16-9-10-17(24-16)18(21)20-15-3-1-2-4-15/h5-10,15H,1-4,11-12H2,(H,20,21). The van der Waals surface area contributed by atoms with E-state index in [0.717, 1.165) is 25.7 Å². The number of benzene rings is 1. The number of amides is 1. The summed E-state index contributed by atoms with van der Waals surface area (Å²) >= 11 is 5.80. The van der Waals surface area contributed by atoms with Crippen LogP contribution >= 0.6 is 11.6 Å². The maximum Gasteiger partial charge on any atom is 0.287 e. The van der Waals surface area contributed by atoms with E-state index in [1.807, 2.05) is 0 Å². The molecule has 1 N–H and O–H groups in total. The molecule has 1 aliphatic rings. The number of carbonyl (C=O) groups excluding carboxylic acids is 1. The smallest absolute Gasteiger partial charge is 0.287 e. The summed E-state index contributed by atoms with van der Waals surface area (Å²) in [6.45, 7) is 0. The topological polar surface area (TPSA) is 76.4 Å². The van der Waals surface area contributed by atoms with Crippen LogP contribution in [0.5, 0.6) is 0 Å². The van der Waals surface area contributed by atoms with Crippen LogP contribution in [0.15, 0.2) is 40.8 Å². The van der Waals surface area contributed by atoms with Crippen LogP contribution in [0, 0.1) is 0 Å². The molecule has 0 spiro atoms. The van der Waals surface area contributed by atoms with Crippen LogP contribution in [0.25, 0.3) is 0 Å². The SMILES string of the molecule is O=C(NC1CCCC1)c1ccc(CS(=O)(=O)Cc2ccc(Cl)cc2)o1. The lowest BCUT2D eigenvalue weighted by atomic mass is 10.2. The molecule has 1 heterocycles. The predicted octanol–water partition coefficient (Wildman–Crippen LogP) is 3.72. The largest absolute Gasteiger partial charge is 0.455 e. The van der Waals surface area contributed by atoms with Gasteiger partial charge in [-0.05, 0) is 42.7 Å². The molecule has 134 valence electrons. The molecule has 0 radical (unpaired) electrons. The Bertz CT molecular complexity index is 836. The second-order valence-electron chi connectivity index (χ2n) is 6.38. The van der Waals surface area contributed by atoms with Gasteiger partial charge in [0.2, 0.25) is 0 Å². The third kappa shape index (κ3) is 5.09. The number of carbonyl (C=O) groups is 1. The highest BCUT2D eigenvalue weighted by molar-refractivity contribution is 7.89. The van der Waals surface area contributed by atoms with Crippen molar-refractivity contribution < 1.29 is 17.6 Å². The van der Waals surface area contributed by atoms with Crippen LogP contribution in [0.2, 0.25) is 5.02 Å². The van der Waals surface area contributed by atoms with Crippen LogP contribution in [0.1, 0.15) is 47.6 Å². The molecule has 7 heteroatoms. The van der Waals surface area contributed by atoms with Gasteiger partial charge in [-0.2, -0.15) is 0 Å². The van der Waals surface area contributed by atoms with Crippen molar-refractivity contribution in [1.82, 2.24) is 5.32 Å². The lowest BCUT2D eigenvalue weighted by Gasteiger charge is -2.09. The van der Waals surface area contributed by atoms with Crippen molar-refractivity contribution in [1.29, 1.82) is 0 Å². The molecule has 0 aliphatic heterocycles. The highest BCUT2D eigenvalue weighted by Crippen LogP contribution is 2.20. The zero-order valence-electron chi connectivity index (χ0n) is 13.7. The van der Waals surface area contributed by atoms with E-state index >= 15 is 0 Å². The Morgan fingerprint density at radius 2 is 1.76 bits per heavy atom. The molecule has 3 rings (SSSR count). The minimum Gasteiger partial charge on any atom is -0.455 e. The van der Waals surface area contributed by atoms with Gasteiger partial charge in [-0.3, -0.25) is 4.79 Å². The van der Waals surface area contributed by atoms with E-state index in [0.29, 0.717) is 10.6 Å². The molecule has 25 heavy (non-hydrogen) atoms. The first-order valence-corrected chi connectivity index (χ1v) is 10.5. The van der Waals surface area contributed by atoms with Gasteiger partial charge >= 0.3 is 0 Å². The normalized spacial score (nSPS) is 15.4. The second-order valence-corrected chi connectivity index (χ2v) is 8.88. The van der Waals surface area contributed by atoms with E-state index in [4.69, 9.17) is 16.0 Å². The molecule has 0 unspecified atom stereocenters. The van der Waals surface area contributed by atoms with Crippen molar-refractivity contribution in [2.75, 3.05) is 0 Å². The van der Waals surface area contributed by atoms with Crippen LogP contribution in [0.4, 0.5) is 0 Å². The average Bonchev–Trinajstić information content (AvgIpc) is 3.21. The summed E-state index contributed by atoms with van der Waals surface area (Å²) in [5, 5.41) is 3.48. The Balaban J connectivity index is 1.61. The fraction of sp³-hybridized carbons (Fsp3) is 0.389. The molecule has 0 saturated heterocycles. The van der Waals surface area contributed by atoms with E-state index in [1.165, 1.54) is 6.07 Å². The van der Waals surface area contributed by atoms with Gasteiger partial charge in [0.05, 0.1) is 5.75 Å². The Kier molecular flexibility index (Phi) is 5.49. The summed E-state index contributed by atoms with van der Waals surface area (Å²) in [7, 11) is -3.40. The third-order valence-corrected chi connectivity index (χ3v) is 5.99. The number of hydrogen-bond donors (Lipinski definition) is 1. The van der Waals surface area contributed by atoms with Crippen molar-refractivity contribution in [3.05, 3.63) is 58.5 Å². The predicted molar refractivity (Wildman–Crippen MR) is 96.2 cm³/mol. The molecule has 5 nitrogen and oxygen atoms in total. The molecular formula is C18H20ClNO4S. The maximum absolute atomic E-state index is 12.3. The van der Waals surface area contributed by atoms with Gasteiger partial charge in [-0.25, -0.2) is 8.42 Å². The molecule has 0 bridgehead atoms. The number of halogens is 1. The number of hydrogen-bond acceptors (Lipinski definition) is 4. The number of rotatable bonds is 6. The summed E-state index contributed by atoms with van der Waals surface area (Å²) < 4.78 is 30.1. The van der Waals surface area contributed by atoms with Gasteiger partial charge in [-0.15, -0.1) is 0 Å². The Labute approximate surface area is 152 Å². The summed E-state index contributed by atoms with van der Waals surface area (Å²) in [5.74, 6) is -0.205. The number of nitrogens with one attached hydrogen (secondary N) is 1. The maximum atomic E-state index is 12.3. The minimum absolute atomic E-state index is 0.103. The lowest BCUT2D eigenvalue weighted by molar-refractivity contribution is 0.0908. The Morgan fingerprint density at radius 1 is 1.08 bits per heavy atom. The van der Waals surface area contributed by atoms with Gasteiger partial charge in [0.1, 0.15) is 11.5 Å². The van der Waals surface area contributed by atoms with Crippen molar-refractivity contribution in [2.45, 2.75) is 43.2 Å². The molecule has 1 aromatic heterocycles. The fourth-order valence-electron chi connectivity index (χ4n) is 3.01. The first-order chi connectivity index (χ1) is 11.9. The van der Waals surface area contributed by atoms with E-state index in [9.17, 15) is 13.2 Å². The van der Waals surface area contributed by atoms with Crippen molar-refractivity contribution in [3.63, 3.8) is 0 Å². The first kappa shape index (κ1) is 18.0. The monoisotopic (exact) mass is 381 g/mol. The molecule has 2 aromatic rings. The third-order valence-electron chi connectivity index (χ3n) is 4.24. The molecular weight excluding hydrogens is 362 g/mol. The van der Waals surface area contributed by atoms with Crippen LogP contribution in [-0.2, 0) is 21.3 Å². The highest BCUT2D eigenvalue weighted by atomic mass is 35.5. The molecule has 1 aromatic carbocycles. The quantitative estimate of drug-likeness (QED) is 0.827. The highest BCUT2D eigenvalue weighted by Gasteiger charge is 2.21. The average molecular weight is 382 g/mol. The zero-order chi connectivity index (χ0) is 17.9. The van der Waals surface area contributed by atoms with Gasteiger partial charge < -0.3 is 9.73 Å². The Morgan fingerprint density at radius 3 is 2.44 bits per heavy atom. The second kappa shape index (κ2) is 7.62. The molecule has 1 saturated carbocycles. The molecule has 1 fully saturated rings. The van der Waals surface area contributed by atoms with Crippen molar-refractivity contribution in [3.8, 4) is 0 Å². The van der Waals surface area contributed by atoms with Crippen LogP contribution < -0.4 is 5.32 Å². The van der Waals surface area contributed by atoms with Gasteiger partial charge in [0.15, 0.2) is 15.6 Å². The first-order valence-electron chi connectivity index (χ1n) is 8.26. The van der Waals surface area contributed by atoms with E-state index in [2.05, 4.69) is 5.32 Å². The zero-order valence-corrected chi connectivity index (χ0v) is 15.3. The van der Waals surface area contributed by atoms with E-state index in [1.54, 1.807) is 30.3 Å². The number of sulfone groups is 1. The Hall–Kier alpha value is -1.79. The molecule has 1 aliphatic carbocycles. The summed E-state index contributed by atoms with van der Waals surface area (Å²) in [6.07, 6.45) is 4.21. The molecule has 0 atom stereocenters. The minimum atomic E-state index is -3.40. The van der Waals surface area contributed by atoms with Crippen molar-refractivity contribution in [2.24, 2.45) is 0 Å². The van der Waals surface area contributed by atoms with Gasteiger partial charge in [-0.1, -0.05) is 36.6 Å². The van der Waals surface area contributed by atoms with Crippen LogP contribution in [-0.4, -0.2) is 20.4 Å². The van der Waals surface area contributed by atoms with E-state index in [-0.39, 0.29) is 35.0 Å². The number of furan rings is 1. The van der Waals surface area contributed by atoms with Gasteiger partial charge in [0, 0.05) is 11.1 Å². The summed E-state index contributed by atoms with van der Waals surface area (Å²) in [6, 6.07) is 9.94. The van der Waals surface area contributed by atoms with Crippen molar-refractivity contribution >= 4 is 27.3 Å². The summed E-state index contributed by atoms with van der Waals surface area (Å²) in [5.41, 5.74) is 0.662. The van der Waals surface area contributed by atoms with Crippen LogP contribution in [0.3, 0.4) is 0 Å². The fourth-order valence-corrected chi connectivity index (χ4v) is 4.52. The summed E-state index contributed by atoms with van der Waals surface area (Å²) in [4.78, 5) is 12.1. The lowest BCUT2D eigenvalue weighted by Crippen LogP contribution is -2.32. The van der Waals surface area contributed by atoms with E-state index < -0.39 is 9.84 Å². The van der Waals surface area contributed by atoms with Gasteiger partial charge in [0.25, 0.3) is 5.91 Å².